The fraction of sp³-hybridized carbons (Fsp3) is 0.295. The van der Waals surface area contributed by atoms with E-state index >= 15 is 0 Å². The molecule has 1 amide bonds. The van der Waals surface area contributed by atoms with Crippen molar-refractivity contribution in [3.05, 3.63) is 143 Å². The Labute approximate surface area is 311 Å². The Bertz CT molecular complexity index is 1790. The van der Waals surface area contributed by atoms with Gasteiger partial charge in [0.2, 0.25) is 5.91 Å². The zero-order chi connectivity index (χ0) is 37.3. The molecule has 0 fully saturated rings. The lowest BCUT2D eigenvalue weighted by Crippen LogP contribution is -2.39. The number of aliphatic carboxylic acids is 1. The van der Waals surface area contributed by atoms with Gasteiger partial charge in [0.15, 0.2) is 0 Å². The van der Waals surface area contributed by atoms with Gasteiger partial charge in [-0.15, -0.1) is 11.3 Å². The number of ether oxygens (including phenoxy) is 1. The normalized spacial score (nSPS) is 13.1. The highest BCUT2D eigenvalue weighted by Crippen LogP contribution is 2.22. The van der Waals surface area contributed by atoms with Gasteiger partial charge in [-0.1, -0.05) is 129 Å². The third kappa shape index (κ3) is 13.2. The first-order valence-electron chi connectivity index (χ1n) is 17.9. The minimum atomic E-state index is -0.845. The van der Waals surface area contributed by atoms with Crippen molar-refractivity contribution in [2.75, 3.05) is 6.61 Å². The number of carbonyl (C=O) groups excluding carboxylic acids is 2. The lowest BCUT2D eigenvalue weighted by molar-refractivity contribution is -0.147. The molecule has 7 nitrogen and oxygen atoms in total. The van der Waals surface area contributed by atoms with Crippen LogP contribution in [0.4, 0.5) is 0 Å². The Morgan fingerprint density at radius 1 is 0.692 bits per heavy atom. The molecule has 4 aromatic carbocycles. The zero-order valence-electron chi connectivity index (χ0n) is 30.2. The van der Waals surface area contributed by atoms with Gasteiger partial charge in [0.05, 0.1) is 24.9 Å². The minimum absolute atomic E-state index is 0.0445. The van der Waals surface area contributed by atoms with Crippen LogP contribution < -0.4 is 11.1 Å². The smallest absolute Gasteiger partial charge is 0.308 e. The summed E-state index contributed by atoms with van der Waals surface area (Å²) in [7, 11) is 0. The molecule has 5 rings (SSSR count). The van der Waals surface area contributed by atoms with Crippen LogP contribution in [0.5, 0.6) is 0 Å². The van der Waals surface area contributed by atoms with Gasteiger partial charge >= 0.3 is 11.9 Å². The van der Waals surface area contributed by atoms with Gasteiger partial charge < -0.3 is 20.9 Å². The van der Waals surface area contributed by atoms with Gasteiger partial charge in [0, 0.05) is 17.0 Å². The maximum atomic E-state index is 12.4. The average molecular weight is 719 g/mol. The lowest BCUT2D eigenvalue weighted by Gasteiger charge is -2.21. The molecule has 0 aliphatic heterocycles. The van der Waals surface area contributed by atoms with E-state index in [2.05, 4.69) is 66.0 Å². The van der Waals surface area contributed by atoms with Gasteiger partial charge in [-0.25, -0.2) is 0 Å². The summed E-state index contributed by atoms with van der Waals surface area (Å²) in [5.74, 6) is -1.76. The highest BCUT2D eigenvalue weighted by molar-refractivity contribution is 7.10. The van der Waals surface area contributed by atoms with Crippen molar-refractivity contribution in [1.82, 2.24) is 5.32 Å². The molecule has 272 valence electrons. The molecule has 52 heavy (non-hydrogen) atoms. The summed E-state index contributed by atoms with van der Waals surface area (Å²) in [6, 6.07) is 40.7. The van der Waals surface area contributed by atoms with E-state index in [1.807, 2.05) is 79.9 Å². The molecule has 4 atom stereocenters. The molecule has 0 radical (unpaired) electrons. The number of carbonyl (C=O) groups is 3. The van der Waals surface area contributed by atoms with Crippen molar-refractivity contribution in [2.45, 2.75) is 65.0 Å². The molecule has 0 saturated heterocycles. The van der Waals surface area contributed by atoms with Crippen LogP contribution in [0.25, 0.3) is 22.3 Å². The van der Waals surface area contributed by atoms with Crippen LogP contribution in [0.3, 0.4) is 0 Å². The fourth-order valence-electron chi connectivity index (χ4n) is 6.00. The van der Waals surface area contributed by atoms with Gasteiger partial charge in [-0.3, -0.25) is 14.4 Å². The van der Waals surface area contributed by atoms with Gasteiger partial charge in [-0.05, 0) is 77.4 Å². The van der Waals surface area contributed by atoms with E-state index in [4.69, 9.17) is 10.5 Å². The monoisotopic (exact) mass is 718 g/mol. The number of rotatable bonds is 16. The van der Waals surface area contributed by atoms with Gasteiger partial charge in [0.1, 0.15) is 0 Å². The average Bonchev–Trinajstić information content (AvgIpc) is 3.66. The van der Waals surface area contributed by atoms with E-state index in [1.54, 1.807) is 18.3 Å². The van der Waals surface area contributed by atoms with Gasteiger partial charge in [-0.2, -0.15) is 0 Å². The summed E-state index contributed by atoms with van der Waals surface area (Å²) in [5, 5.41) is 14.3. The Balaban J connectivity index is 0.000000239. The number of esters is 1. The largest absolute Gasteiger partial charge is 0.481 e. The van der Waals surface area contributed by atoms with Crippen LogP contribution in [0, 0.1) is 11.8 Å². The molecule has 5 aromatic rings. The van der Waals surface area contributed by atoms with Crippen molar-refractivity contribution in [3.63, 3.8) is 0 Å². The van der Waals surface area contributed by atoms with E-state index < -0.39 is 11.9 Å². The second kappa shape index (κ2) is 20.7. The molecular formula is C44H50N2O5S. The lowest BCUT2D eigenvalue weighted by atomic mass is 9.95. The van der Waals surface area contributed by atoms with Crippen LogP contribution >= 0.6 is 11.3 Å². The molecular weight excluding hydrogens is 669 g/mol. The molecule has 8 heteroatoms. The first kappa shape index (κ1) is 39.7. The van der Waals surface area contributed by atoms with Crippen molar-refractivity contribution in [1.29, 1.82) is 0 Å². The first-order valence-corrected chi connectivity index (χ1v) is 18.7. The number of nitrogens with two attached hydrogens (primary N) is 1. The van der Waals surface area contributed by atoms with Crippen LogP contribution in [-0.4, -0.2) is 41.6 Å². The second-order valence-electron chi connectivity index (χ2n) is 13.2. The molecule has 0 saturated carbocycles. The number of thiophene rings is 1. The highest BCUT2D eigenvalue weighted by Gasteiger charge is 2.21. The fourth-order valence-corrected chi connectivity index (χ4v) is 6.71. The summed E-state index contributed by atoms with van der Waals surface area (Å²) in [4.78, 5) is 36.4. The Hall–Kier alpha value is -5.05. The molecule has 0 bridgehead atoms. The predicted molar refractivity (Wildman–Crippen MR) is 211 cm³/mol. The number of carboxylic acids is 1. The molecule has 1 heterocycles. The quantitative estimate of drug-likeness (QED) is 0.0880. The van der Waals surface area contributed by atoms with Crippen molar-refractivity contribution >= 4 is 29.2 Å². The van der Waals surface area contributed by atoms with Crippen LogP contribution in [-0.2, 0) is 38.4 Å². The molecule has 0 aliphatic carbocycles. The molecule has 0 aliphatic rings. The zero-order valence-corrected chi connectivity index (χ0v) is 31.1. The topological polar surface area (TPSA) is 119 Å². The van der Waals surface area contributed by atoms with E-state index in [1.165, 1.54) is 16.7 Å². The maximum Gasteiger partial charge on any atom is 0.308 e. The van der Waals surface area contributed by atoms with Crippen molar-refractivity contribution in [3.8, 4) is 22.3 Å². The third-order valence-corrected chi connectivity index (χ3v) is 9.66. The number of benzene rings is 4. The summed E-state index contributed by atoms with van der Waals surface area (Å²) >= 11 is 1.55. The highest BCUT2D eigenvalue weighted by atomic mass is 32.1. The minimum Gasteiger partial charge on any atom is -0.481 e. The number of carboxylic acid groups (broad SMARTS) is 1. The Morgan fingerprint density at radius 2 is 1.21 bits per heavy atom. The number of nitrogens with one attached hydrogen (secondary N) is 1. The molecule has 0 unspecified atom stereocenters. The predicted octanol–water partition coefficient (Wildman–Crippen LogP) is 8.61. The summed E-state index contributed by atoms with van der Waals surface area (Å²) in [5.41, 5.74) is 13.1. The maximum absolute atomic E-state index is 12.4. The summed E-state index contributed by atoms with van der Waals surface area (Å²) in [6.45, 7) is 5.79. The molecule has 0 spiro atoms. The van der Waals surface area contributed by atoms with Crippen LogP contribution in [0.2, 0.25) is 0 Å². The van der Waals surface area contributed by atoms with Crippen LogP contribution in [0.15, 0.2) is 127 Å². The standard InChI is InChI=1S/C24H25NO3S.C20H25NO2/c1-17(24(27)28)14-21(25-23(26)16-22-8-5-13-29-22)15-18-9-11-20(12-10-18)19-6-3-2-4-7-19;1-3-23-20(22)15(2)13-19(21)14-16-9-11-18(12-10-16)17-7-5-4-6-8-17/h2-13,17,21H,14-16H2,1H3,(H,25,26)(H,27,28);4-12,15,19H,3,13-14,21H2,1-2H3/t17-,21+;15-,19+/m11/s1. The van der Waals surface area contributed by atoms with E-state index in [-0.39, 0.29) is 29.9 Å². The summed E-state index contributed by atoms with van der Waals surface area (Å²) in [6.07, 6.45) is 2.72. The first-order chi connectivity index (χ1) is 25.1. The summed E-state index contributed by atoms with van der Waals surface area (Å²) < 4.78 is 5.02. The number of amides is 1. The van der Waals surface area contributed by atoms with Crippen molar-refractivity contribution in [2.24, 2.45) is 17.6 Å². The van der Waals surface area contributed by atoms with E-state index in [0.29, 0.717) is 32.3 Å². The van der Waals surface area contributed by atoms with E-state index in [9.17, 15) is 19.5 Å². The second-order valence-corrected chi connectivity index (χ2v) is 14.2. The Morgan fingerprint density at radius 3 is 1.69 bits per heavy atom. The Kier molecular flexibility index (Phi) is 15.8. The molecule has 4 N–H and O–H groups in total. The van der Waals surface area contributed by atoms with Crippen LogP contribution in [0.1, 0.15) is 49.6 Å². The SMILES string of the molecule is CCOC(=O)[C@H](C)C[C@H](N)Cc1ccc(-c2ccccc2)cc1.C[C@H](C[C@@H](Cc1ccc(-c2ccccc2)cc1)NC(=O)Cc1cccs1)C(=O)O. The van der Waals surface area contributed by atoms with Gasteiger partial charge in [0.25, 0.3) is 0 Å². The molecule has 1 aromatic heterocycles. The number of hydrogen-bond donors (Lipinski definition) is 3. The van der Waals surface area contributed by atoms with Crippen molar-refractivity contribution < 1.29 is 24.2 Å². The third-order valence-electron chi connectivity index (χ3n) is 8.79. The van der Waals surface area contributed by atoms with E-state index in [0.717, 1.165) is 28.0 Å². The number of hydrogen-bond acceptors (Lipinski definition) is 6.